The summed E-state index contributed by atoms with van der Waals surface area (Å²) < 4.78 is 0. The van der Waals surface area contributed by atoms with Gasteiger partial charge in [-0.1, -0.05) is 88.9 Å². The number of benzene rings is 4. The van der Waals surface area contributed by atoms with Crippen LogP contribution in [-0.2, 0) is 0 Å². The van der Waals surface area contributed by atoms with Crippen LogP contribution in [0.4, 0.5) is 17.1 Å². The lowest BCUT2D eigenvalue weighted by Gasteiger charge is -2.37. The third kappa shape index (κ3) is 2.87. The Balaban J connectivity index is 1.83. The average molecular weight is 373 g/mol. The van der Waals surface area contributed by atoms with Crippen LogP contribution in [0.5, 0.6) is 0 Å². The van der Waals surface area contributed by atoms with Gasteiger partial charge in [0, 0.05) is 17.1 Å². The summed E-state index contributed by atoms with van der Waals surface area (Å²) in [5.74, 6) is 0. The normalized spacial score (nSPS) is 12.5. The molecule has 29 heavy (non-hydrogen) atoms. The molecule has 0 unspecified atom stereocenters. The van der Waals surface area contributed by atoms with E-state index in [1.54, 1.807) is 0 Å². The second-order valence-corrected chi connectivity index (χ2v) is 8.03. The minimum Gasteiger partial charge on any atom is -0.312 e. The van der Waals surface area contributed by atoms with Crippen LogP contribution >= 0.6 is 0 Å². The number of nitrogens with zero attached hydrogens (tertiary/aromatic N) is 1. The number of anilines is 3. The van der Waals surface area contributed by atoms with Gasteiger partial charge < -0.3 is 4.90 Å². The van der Waals surface area contributed by atoms with Crippen LogP contribution in [-0.4, -0.2) is 6.71 Å². The van der Waals surface area contributed by atoms with Gasteiger partial charge in [0.15, 0.2) is 0 Å². The van der Waals surface area contributed by atoms with E-state index in [0.717, 1.165) is 0 Å². The molecule has 1 aliphatic rings. The van der Waals surface area contributed by atoms with Crippen molar-refractivity contribution >= 4 is 40.2 Å². The van der Waals surface area contributed by atoms with Crippen molar-refractivity contribution in [2.45, 2.75) is 20.8 Å². The van der Waals surface area contributed by atoms with Crippen molar-refractivity contribution in [1.82, 2.24) is 0 Å². The molecule has 0 saturated carbocycles. The Morgan fingerprint density at radius 2 is 1.07 bits per heavy atom. The van der Waals surface area contributed by atoms with E-state index in [-0.39, 0.29) is 6.71 Å². The van der Waals surface area contributed by atoms with Gasteiger partial charge in [0.2, 0.25) is 6.71 Å². The summed E-state index contributed by atoms with van der Waals surface area (Å²) in [5, 5.41) is 0. The molecule has 0 fully saturated rings. The standard InChI is InChI=1S/C27H24BN/c1-19-17-20(2)27(21(3)18-19)28-23-13-7-9-15-25(23)29(22-11-5-4-6-12-22)26-16-10-8-14-24(26)28/h4-18H,1-3H3. The van der Waals surface area contributed by atoms with Gasteiger partial charge >= 0.3 is 0 Å². The molecule has 1 heterocycles. The Morgan fingerprint density at radius 1 is 0.586 bits per heavy atom. The van der Waals surface area contributed by atoms with Crippen LogP contribution in [0.2, 0.25) is 0 Å². The van der Waals surface area contributed by atoms with Crippen molar-refractivity contribution < 1.29 is 0 Å². The molecule has 0 atom stereocenters. The summed E-state index contributed by atoms with van der Waals surface area (Å²) in [6.07, 6.45) is 0. The van der Waals surface area contributed by atoms with Gasteiger partial charge in [-0.15, -0.1) is 0 Å². The van der Waals surface area contributed by atoms with Crippen molar-refractivity contribution in [3.8, 4) is 0 Å². The van der Waals surface area contributed by atoms with E-state index >= 15 is 0 Å². The van der Waals surface area contributed by atoms with Crippen LogP contribution in [0.1, 0.15) is 16.7 Å². The Labute approximate surface area is 173 Å². The number of fused-ring (bicyclic) bond motifs is 2. The highest BCUT2D eigenvalue weighted by atomic mass is 15.1. The van der Waals surface area contributed by atoms with Crippen LogP contribution in [0.25, 0.3) is 0 Å². The smallest absolute Gasteiger partial charge is 0.247 e. The molecule has 0 bridgehead atoms. The molecule has 0 spiro atoms. The van der Waals surface area contributed by atoms with E-state index in [9.17, 15) is 0 Å². The highest BCUT2D eigenvalue weighted by Gasteiger charge is 2.36. The Hall–Kier alpha value is -3.26. The van der Waals surface area contributed by atoms with Gasteiger partial charge in [0.1, 0.15) is 0 Å². The minimum absolute atomic E-state index is 0.239. The first-order chi connectivity index (χ1) is 14.1. The van der Waals surface area contributed by atoms with E-state index in [1.165, 1.54) is 50.1 Å². The largest absolute Gasteiger partial charge is 0.312 e. The number of para-hydroxylation sites is 3. The van der Waals surface area contributed by atoms with Crippen molar-refractivity contribution in [1.29, 1.82) is 0 Å². The topological polar surface area (TPSA) is 3.24 Å². The zero-order chi connectivity index (χ0) is 20.0. The SMILES string of the molecule is Cc1cc(C)c(B2c3ccccc3N(c3ccccc3)c3ccccc32)c(C)c1. The maximum atomic E-state index is 2.40. The molecule has 0 aliphatic carbocycles. The average Bonchev–Trinajstić information content (AvgIpc) is 2.73. The maximum Gasteiger partial charge on any atom is 0.247 e. The molecule has 0 aromatic heterocycles. The summed E-state index contributed by atoms with van der Waals surface area (Å²) in [6.45, 7) is 6.93. The molecule has 4 aromatic rings. The Morgan fingerprint density at radius 3 is 1.62 bits per heavy atom. The molecule has 5 rings (SSSR count). The maximum absolute atomic E-state index is 2.40. The summed E-state index contributed by atoms with van der Waals surface area (Å²) in [4.78, 5) is 2.40. The van der Waals surface area contributed by atoms with Crippen LogP contribution in [0.3, 0.4) is 0 Å². The van der Waals surface area contributed by atoms with Crippen molar-refractivity contribution in [3.05, 3.63) is 108 Å². The van der Waals surface area contributed by atoms with Crippen molar-refractivity contribution in [3.63, 3.8) is 0 Å². The fourth-order valence-corrected chi connectivity index (χ4v) is 4.98. The number of hydrogen-bond acceptors (Lipinski definition) is 1. The molecule has 1 nitrogen and oxygen atoms in total. The van der Waals surface area contributed by atoms with E-state index in [4.69, 9.17) is 0 Å². The molecule has 140 valence electrons. The van der Waals surface area contributed by atoms with Gasteiger partial charge in [-0.05, 0) is 56.0 Å². The zero-order valence-corrected chi connectivity index (χ0v) is 17.2. The van der Waals surface area contributed by atoms with Crippen LogP contribution < -0.4 is 21.3 Å². The lowest BCUT2D eigenvalue weighted by molar-refractivity contribution is 1.29. The fourth-order valence-electron chi connectivity index (χ4n) is 4.98. The molecule has 4 aromatic carbocycles. The molecule has 0 N–H and O–H groups in total. The second-order valence-electron chi connectivity index (χ2n) is 8.03. The fraction of sp³-hybridized carbons (Fsp3) is 0.111. The number of hydrogen-bond donors (Lipinski definition) is 0. The summed E-state index contributed by atoms with van der Waals surface area (Å²) in [7, 11) is 0. The third-order valence-corrected chi connectivity index (χ3v) is 6.02. The van der Waals surface area contributed by atoms with Crippen LogP contribution in [0, 0.1) is 20.8 Å². The predicted octanol–water partition coefficient (Wildman–Crippen LogP) is 4.91. The second kappa shape index (κ2) is 6.97. The van der Waals surface area contributed by atoms with Gasteiger partial charge in [-0.3, -0.25) is 0 Å². The molecular weight excluding hydrogens is 349 g/mol. The molecule has 0 amide bonds. The van der Waals surface area contributed by atoms with Crippen molar-refractivity contribution in [2.24, 2.45) is 0 Å². The highest BCUT2D eigenvalue weighted by molar-refractivity contribution is 6.98. The van der Waals surface area contributed by atoms with E-state index in [1.807, 2.05) is 0 Å². The van der Waals surface area contributed by atoms with Gasteiger partial charge in [0.25, 0.3) is 0 Å². The first kappa shape index (κ1) is 17.8. The van der Waals surface area contributed by atoms with Crippen LogP contribution in [0.15, 0.2) is 91.0 Å². The minimum atomic E-state index is 0.239. The van der Waals surface area contributed by atoms with E-state index in [0.29, 0.717) is 0 Å². The molecular formula is C27H24BN. The summed E-state index contributed by atoms with van der Waals surface area (Å²) >= 11 is 0. The first-order valence-electron chi connectivity index (χ1n) is 10.3. The van der Waals surface area contributed by atoms with Gasteiger partial charge in [-0.2, -0.15) is 0 Å². The zero-order valence-electron chi connectivity index (χ0n) is 17.2. The molecule has 0 radical (unpaired) electrons. The summed E-state index contributed by atoms with van der Waals surface area (Å²) in [5.41, 5.74) is 12.0. The Kier molecular flexibility index (Phi) is 4.28. The van der Waals surface area contributed by atoms with E-state index < -0.39 is 0 Å². The lowest BCUT2D eigenvalue weighted by atomic mass is 9.34. The number of aryl methyl sites for hydroxylation is 3. The predicted molar refractivity (Wildman–Crippen MR) is 126 cm³/mol. The molecule has 0 saturated heterocycles. The summed E-state index contributed by atoms with van der Waals surface area (Å²) in [6, 6.07) is 33.0. The Bertz CT molecular complexity index is 1130. The lowest BCUT2D eigenvalue weighted by Crippen LogP contribution is -2.58. The van der Waals surface area contributed by atoms with Crippen molar-refractivity contribution in [2.75, 3.05) is 4.90 Å². The number of rotatable bonds is 2. The monoisotopic (exact) mass is 373 g/mol. The van der Waals surface area contributed by atoms with E-state index in [2.05, 4.69) is 117 Å². The first-order valence-corrected chi connectivity index (χ1v) is 10.3. The molecule has 1 aliphatic heterocycles. The molecule has 2 heteroatoms. The quantitative estimate of drug-likeness (QED) is 0.398. The van der Waals surface area contributed by atoms with Gasteiger partial charge in [-0.25, -0.2) is 0 Å². The van der Waals surface area contributed by atoms with Gasteiger partial charge in [0.05, 0.1) is 0 Å². The third-order valence-electron chi connectivity index (χ3n) is 6.02. The highest BCUT2D eigenvalue weighted by Crippen LogP contribution is 2.35.